The van der Waals surface area contributed by atoms with Crippen LogP contribution in [0.25, 0.3) is 0 Å². The molecule has 0 aromatic heterocycles. The minimum absolute atomic E-state index is 0.128. The molecule has 0 atom stereocenters. The van der Waals surface area contributed by atoms with Gasteiger partial charge in [0.05, 0.1) is 0 Å². The van der Waals surface area contributed by atoms with Crippen molar-refractivity contribution >= 4 is 5.91 Å². The van der Waals surface area contributed by atoms with E-state index in [1.807, 2.05) is 16.8 Å². The second-order valence-corrected chi connectivity index (χ2v) is 5.35. The topological polar surface area (TPSA) is 35.6 Å². The lowest BCUT2D eigenvalue weighted by molar-refractivity contribution is -0.132. The summed E-state index contributed by atoms with van der Waals surface area (Å²) >= 11 is 0. The third-order valence-corrected chi connectivity index (χ3v) is 3.63. The molecule has 0 bridgehead atoms. The molecule has 6 heteroatoms. The minimum atomic E-state index is -0.576. The fourth-order valence-electron chi connectivity index (χ4n) is 2.38. The number of carbonyl (C=O) groups excluding carboxylic acids is 1. The summed E-state index contributed by atoms with van der Waals surface area (Å²) < 4.78 is 26.4. The smallest absolute Gasteiger partial charge is 0.223 e. The standard InChI is InChI=1S/C15H21F2N3O/c1-19(11-12-2-3-13(16)10-14(12)17)7-4-15(21)20-8-5-18-6-9-20/h2-3,10,18H,4-9,11H2,1H3. The SMILES string of the molecule is CN(CCC(=O)N1CCNCC1)Cc1ccc(F)cc1F. The van der Waals surface area contributed by atoms with Crippen molar-refractivity contribution in [2.24, 2.45) is 0 Å². The lowest BCUT2D eigenvalue weighted by Gasteiger charge is -2.28. The van der Waals surface area contributed by atoms with E-state index in [2.05, 4.69) is 5.32 Å². The van der Waals surface area contributed by atoms with Crippen LogP contribution in [0.15, 0.2) is 18.2 Å². The molecule has 21 heavy (non-hydrogen) atoms. The highest BCUT2D eigenvalue weighted by Gasteiger charge is 2.16. The molecule has 1 N–H and O–H groups in total. The van der Waals surface area contributed by atoms with Crippen molar-refractivity contribution in [2.75, 3.05) is 39.8 Å². The summed E-state index contributed by atoms with van der Waals surface area (Å²) in [6.07, 6.45) is 0.416. The molecule has 1 fully saturated rings. The van der Waals surface area contributed by atoms with Gasteiger partial charge in [-0.25, -0.2) is 8.78 Å². The molecule has 1 heterocycles. The van der Waals surface area contributed by atoms with Crippen molar-refractivity contribution in [1.29, 1.82) is 0 Å². The van der Waals surface area contributed by atoms with E-state index >= 15 is 0 Å². The molecule has 4 nitrogen and oxygen atoms in total. The third kappa shape index (κ3) is 4.75. The van der Waals surface area contributed by atoms with Gasteiger partial charge in [-0.2, -0.15) is 0 Å². The van der Waals surface area contributed by atoms with Crippen LogP contribution < -0.4 is 5.32 Å². The van der Waals surface area contributed by atoms with Crippen molar-refractivity contribution in [3.05, 3.63) is 35.4 Å². The maximum absolute atomic E-state index is 13.6. The van der Waals surface area contributed by atoms with E-state index in [0.29, 0.717) is 25.1 Å². The van der Waals surface area contributed by atoms with Crippen molar-refractivity contribution in [1.82, 2.24) is 15.1 Å². The number of hydrogen-bond acceptors (Lipinski definition) is 3. The Morgan fingerprint density at radius 1 is 1.33 bits per heavy atom. The molecule has 1 amide bonds. The lowest BCUT2D eigenvalue weighted by Crippen LogP contribution is -2.47. The zero-order valence-corrected chi connectivity index (χ0v) is 12.2. The van der Waals surface area contributed by atoms with E-state index in [1.165, 1.54) is 12.1 Å². The van der Waals surface area contributed by atoms with Gasteiger partial charge in [0.1, 0.15) is 11.6 Å². The van der Waals surface area contributed by atoms with Crippen LogP contribution in [0, 0.1) is 11.6 Å². The van der Waals surface area contributed by atoms with Crippen LogP contribution >= 0.6 is 0 Å². The van der Waals surface area contributed by atoms with Gasteiger partial charge in [0, 0.05) is 57.3 Å². The molecule has 116 valence electrons. The second-order valence-electron chi connectivity index (χ2n) is 5.35. The molecule has 1 aromatic rings. The van der Waals surface area contributed by atoms with Gasteiger partial charge in [-0.1, -0.05) is 6.07 Å². The first-order valence-electron chi connectivity index (χ1n) is 7.17. The fourth-order valence-corrected chi connectivity index (χ4v) is 2.38. The molecule has 0 spiro atoms. The summed E-state index contributed by atoms with van der Waals surface area (Å²) in [4.78, 5) is 15.7. The second kappa shape index (κ2) is 7.47. The summed E-state index contributed by atoms with van der Waals surface area (Å²) in [6.45, 7) is 4.08. The summed E-state index contributed by atoms with van der Waals surface area (Å²) in [7, 11) is 1.83. The van der Waals surface area contributed by atoms with Crippen LogP contribution in [0.5, 0.6) is 0 Å². The molecule has 1 aliphatic heterocycles. The monoisotopic (exact) mass is 297 g/mol. The zero-order valence-electron chi connectivity index (χ0n) is 12.2. The molecule has 1 aromatic carbocycles. The number of amides is 1. The van der Waals surface area contributed by atoms with Crippen LogP contribution in [-0.2, 0) is 11.3 Å². The van der Waals surface area contributed by atoms with Gasteiger partial charge in [-0.3, -0.25) is 4.79 Å². The first-order chi connectivity index (χ1) is 10.1. The highest BCUT2D eigenvalue weighted by atomic mass is 19.1. The van der Waals surface area contributed by atoms with Crippen molar-refractivity contribution in [3.8, 4) is 0 Å². The number of carbonyl (C=O) groups is 1. The van der Waals surface area contributed by atoms with Gasteiger partial charge in [0.2, 0.25) is 5.91 Å². The predicted octanol–water partition coefficient (Wildman–Crippen LogP) is 1.22. The van der Waals surface area contributed by atoms with Crippen LogP contribution in [0.4, 0.5) is 8.78 Å². The van der Waals surface area contributed by atoms with Gasteiger partial charge in [0.25, 0.3) is 0 Å². The van der Waals surface area contributed by atoms with E-state index in [1.54, 1.807) is 0 Å². The normalized spacial score (nSPS) is 15.5. The Balaban J connectivity index is 1.78. The summed E-state index contributed by atoms with van der Waals surface area (Å²) in [5, 5.41) is 3.20. The van der Waals surface area contributed by atoms with E-state index < -0.39 is 11.6 Å². The van der Waals surface area contributed by atoms with Gasteiger partial charge >= 0.3 is 0 Å². The molecular formula is C15H21F2N3O. The first-order valence-corrected chi connectivity index (χ1v) is 7.17. The fraction of sp³-hybridized carbons (Fsp3) is 0.533. The summed E-state index contributed by atoms with van der Waals surface area (Å²) in [6, 6.07) is 3.58. The van der Waals surface area contributed by atoms with Gasteiger partial charge in [-0.15, -0.1) is 0 Å². The Hall–Kier alpha value is -1.53. The number of halogens is 2. The van der Waals surface area contributed by atoms with Crippen LogP contribution in [0.3, 0.4) is 0 Å². The maximum Gasteiger partial charge on any atom is 0.223 e. The Bertz CT molecular complexity index is 490. The minimum Gasteiger partial charge on any atom is -0.340 e. The molecule has 1 saturated heterocycles. The number of hydrogen-bond donors (Lipinski definition) is 1. The molecule has 1 aliphatic rings. The average Bonchev–Trinajstić information content (AvgIpc) is 2.48. The van der Waals surface area contributed by atoms with Crippen LogP contribution in [0.1, 0.15) is 12.0 Å². The van der Waals surface area contributed by atoms with Gasteiger partial charge in [0.15, 0.2) is 0 Å². The van der Waals surface area contributed by atoms with E-state index in [-0.39, 0.29) is 5.91 Å². The largest absolute Gasteiger partial charge is 0.340 e. The average molecular weight is 297 g/mol. The van der Waals surface area contributed by atoms with Gasteiger partial charge < -0.3 is 15.1 Å². The van der Waals surface area contributed by atoms with Crippen molar-refractivity contribution in [2.45, 2.75) is 13.0 Å². The quantitative estimate of drug-likeness (QED) is 0.887. The Kier molecular flexibility index (Phi) is 5.64. The van der Waals surface area contributed by atoms with E-state index in [4.69, 9.17) is 0 Å². The zero-order chi connectivity index (χ0) is 15.2. The van der Waals surface area contributed by atoms with Crippen LogP contribution in [-0.4, -0.2) is 55.5 Å². The Morgan fingerprint density at radius 2 is 2.05 bits per heavy atom. The molecule has 0 saturated carbocycles. The van der Waals surface area contributed by atoms with Crippen molar-refractivity contribution < 1.29 is 13.6 Å². The summed E-state index contributed by atoms with van der Waals surface area (Å²) in [5.74, 6) is -0.994. The van der Waals surface area contributed by atoms with Crippen molar-refractivity contribution in [3.63, 3.8) is 0 Å². The highest BCUT2D eigenvalue weighted by molar-refractivity contribution is 5.76. The van der Waals surface area contributed by atoms with Crippen LogP contribution in [0.2, 0.25) is 0 Å². The molecule has 2 rings (SSSR count). The number of rotatable bonds is 5. The van der Waals surface area contributed by atoms with E-state index in [9.17, 15) is 13.6 Å². The number of benzene rings is 1. The Labute approximate surface area is 123 Å². The van der Waals surface area contributed by atoms with Gasteiger partial charge in [-0.05, 0) is 13.1 Å². The predicted molar refractivity (Wildman–Crippen MR) is 76.8 cm³/mol. The summed E-state index contributed by atoms with van der Waals surface area (Å²) in [5.41, 5.74) is 0.438. The number of nitrogens with zero attached hydrogens (tertiary/aromatic N) is 2. The molecule has 0 unspecified atom stereocenters. The lowest BCUT2D eigenvalue weighted by atomic mass is 10.2. The maximum atomic E-state index is 13.6. The number of piperazine rings is 1. The molecule has 0 radical (unpaired) electrons. The molecular weight excluding hydrogens is 276 g/mol. The molecule has 0 aliphatic carbocycles. The highest BCUT2D eigenvalue weighted by Crippen LogP contribution is 2.11. The van der Waals surface area contributed by atoms with E-state index in [0.717, 1.165) is 32.2 Å². The third-order valence-electron chi connectivity index (χ3n) is 3.63. The Morgan fingerprint density at radius 3 is 2.71 bits per heavy atom. The number of nitrogens with one attached hydrogen (secondary N) is 1. The first kappa shape index (κ1) is 15.9.